The molecule has 0 saturated carbocycles. The second-order valence-corrected chi connectivity index (χ2v) is 10.1. The van der Waals surface area contributed by atoms with E-state index in [2.05, 4.69) is 4.72 Å². The molecule has 1 aromatic carbocycles. The van der Waals surface area contributed by atoms with Crippen molar-refractivity contribution in [2.45, 2.75) is 50.8 Å². The lowest BCUT2D eigenvalue weighted by Crippen LogP contribution is -2.50. The SMILES string of the molecule is CC(C)(C)[S@@+]([O-])NC1c2ccc(F)cc2CC12CCN(C(=O)O)CC2. The molecular formula is C18H25FN2O3S. The first-order valence-corrected chi connectivity index (χ1v) is 9.72. The van der Waals surface area contributed by atoms with Gasteiger partial charge in [0, 0.05) is 29.9 Å². The van der Waals surface area contributed by atoms with Crippen LogP contribution in [0, 0.1) is 11.2 Å². The summed E-state index contributed by atoms with van der Waals surface area (Å²) in [6, 6.07) is 4.63. The van der Waals surface area contributed by atoms with Crippen LogP contribution in [0.25, 0.3) is 0 Å². The Hall–Kier alpha value is -1.31. The molecule has 1 saturated heterocycles. The minimum absolute atomic E-state index is 0.154. The molecule has 2 N–H and O–H groups in total. The van der Waals surface area contributed by atoms with Gasteiger partial charge in [0.05, 0.1) is 6.04 Å². The third-order valence-electron chi connectivity index (χ3n) is 5.38. The van der Waals surface area contributed by atoms with Gasteiger partial charge >= 0.3 is 6.09 Å². The monoisotopic (exact) mass is 368 g/mol. The van der Waals surface area contributed by atoms with Crippen molar-refractivity contribution in [3.05, 3.63) is 35.1 Å². The highest BCUT2D eigenvalue weighted by atomic mass is 32.2. The number of piperidine rings is 1. The molecule has 138 valence electrons. The van der Waals surface area contributed by atoms with E-state index in [1.807, 2.05) is 20.8 Å². The molecule has 1 aromatic rings. The number of carbonyl (C=O) groups is 1. The molecule has 1 amide bonds. The summed E-state index contributed by atoms with van der Waals surface area (Å²) in [4.78, 5) is 12.6. The van der Waals surface area contributed by atoms with Crippen molar-refractivity contribution in [2.75, 3.05) is 13.1 Å². The van der Waals surface area contributed by atoms with Crippen LogP contribution in [0.1, 0.15) is 50.8 Å². The van der Waals surface area contributed by atoms with Crippen molar-refractivity contribution in [3.8, 4) is 0 Å². The van der Waals surface area contributed by atoms with Crippen molar-refractivity contribution in [1.29, 1.82) is 0 Å². The molecule has 1 aliphatic carbocycles. The molecule has 1 aliphatic heterocycles. The molecule has 1 unspecified atom stereocenters. The fourth-order valence-electron chi connectivity index (χ4n) is 3.90. The highest BCUT2D eigenvalue weighted by molar-refractivity contribution is 7.90. The molecule has 0 aromatic heterocycles. The van der Waals surface area contributed by atoms with Crippen LogP contribution in [0.2, 0.25) is 0 Å². The van der Waals surface area contributed by atoms with E-state index in [9.17, 15) is 18.8 Å². The van der Waals surface area contributed by atoms with E-state index >= 15 is 0 Å². The van der Waals surface area contributed by atoms with Gasteiger partial charge in [-0.05, 0) is 63.3 Å². The van der Waals surface area contributed by atoms with Crippen molar-refractivity contribution in [1.82, 2.24) is 9.62 Å². The van der Waals surface area contributed by atoms with E-state index in [1.165, 1.54) is 11.0 Å². The molecule has 1 heterocycles. The molecule has 2 atom stereocenters. The zero-order chi connectivity index (χ0) is 18.4. The van der Waals surface area contributed by atoms with Crippen molar-refractivity contribution in [2.24, 2.45) is 5.41 Å². The average Bonchev–Trinajstić information content (AvgIpc) is 2.79. The molecule has 0 radical (unpaired) electrons. The number of fused-ring (bicyclic) bond motifs is 1. The van der Waals surface area contributed by atoms with Crippen molar-refractivity contribution in [3.63, 3.8) is 0 Å². The number of likely N-dealkylation sites (tertiary alicyclic amines) is 1. The van der Waals surface area contributed by atoms with Gasteiger partial charge in [-0.25, -0.2) is 9.18 Å². The molecule has 1 spiro atoms. The van der Waals surface area contributed by atoms with Crippen molar-refractivity contribution < 1.29 is 18.8 Å². The first-order chi connectivity index (χ1) is 11.6. The van der Waals surface area contributed by atoms with Crippen LogP contribution >= 0.6 is 0 Å². The summed E-state index contributed by atoms with van der Waals surface area (Å²) in [5.74, 6) is -0.269. The third kappa shape index (κ3) is 3.50. The Morgan fingerprint density at radius 2 is 2.04 bits per heavy atom. The van der Waals surface area contributed by atoms with Crippen LogP contribution in [0.3, 0.4) is 0 Å². The molecule has 2 aliphatic rings. The Morgan fingerprint density at radius 1 is 1.40 bits per heavy atom. The zero-order valence-corrected chi connectivity index (χ0v) is 15.7. The topological polar surface area (TPSA) is 75.6 Å². The number of benzene rings is 1. The first-order valence-electron chi connectivity index (χ1n) is 8.57. The predicted octanol–water partition coefficient (Wildman–Crippen LogP) is 3.23. The summed E-state index contributed by atoms with van der Waals surface area (Å²) in [5, 5.41) is 9.21. The average molecular weight is 368 g/mol. The second-order valence-electron chi connectivity index (χ2n) is 8.08. The van der Waals surface area contributed by atoms with E-state index in [0.29, 0.717) is 32.4 Å². The highest BCUT2D eigenvalue weighted by Gasteiger charge is 2.50. The quantitative estimate of drug-likeness (QED) is 0.786. The lowest BCUT2D eigenvalue weighted by molar-refractivity contribution is 0.0764. The van der Waals surface area contributed by atoms with Crippen LogP contribution in [-0.4, -0.2) is 38.5 Å². The molecule has 25 heavy (non-hydrogen) atoms. The van der Waals surface area contributed by atoms with Gasteiger partial charge in [-0.1, -0.05) is 6.07 Å². The lowest BCUT2D eigenvalue weighted by Gasteiger charge is -2.43. The minimum atomic E-state index is -1.26. The lowest BCUT2D eigenvalue weighted by atomic mass is 9.73. The Bertz CT molecular complexity index is 669. The number of carboxylic acid groups (broad SMARTS) is 1. The first kappa shape index (κ1) is 18.5. The second kappa shape index (κ2) is 6.45. The Balaban J connectivity index is 1.90. The Labute approximate surface area is 150 Å². The van der Waals surface area contributed by atoms with E-state index in [4.69, 9.17) is 0 Å². The van der Waals surface area contributed by atoms with E-state index in [0.717, 1.165) is 11.1 Å². The van der Waals surface area contributed by atoms with Gasteiger partial charge in [0.1, 0.15) is 10.6 Å². The molecular weight excluding hydrogens is 343 g/mol. The van der Waals surface area contributed by atoms with Gasteiger partial charge in [-0.15, -0.1) is 4.72 Å². The normalized spacial score (nSPS) is 23.6. The smallest absolute Gasteiger partial charge is 0.407 e. The fraction of sp³-hybridized carbons (Fsp3) is 0.611. The predicted molar refractivity (Wildman–Crippen MR) is 95.1 cm³/mol. The van der Waals surface area contributed by atoms with Gasteiger partial charge in [-0.2, -0.15) is 0 Å². The Morgan fingerprint density at radius 3 is 2.60 bits per heavy atom. The van der Waals surface area contributed by atoms with Crippen LogP contribution in [-0.2, 0) is 17.8 Å². The summed E-state index contributed by atoms with van der Waals surface area (Å²) in [7, 11) is 0. The molecule has 7 heteroatoms. The van der Waals surface area contributed by atoms with Gasteiger partial charge in [0.2, 0.25) is 0 Å². The van der Waals surface area contributed by atoms with E-state index in [-0.39, 0.29) is 17.3 Å². The maximum atomic E-state index is 13.7. The number of rotatable bonds is 2. The van der Waals surface area contributed by atoms with Crippen LogP contribution in [0.15, 0.2) is 18.2 Å². The third-order valence-corrected chi connectivity index (χ3v) is 6.94. The maximum absolute atomic E-state index is 13.7. The van der Waals surface area contributed by atoms with Crippen LogP contribution < -0.4 is 4.72 Å². The summed E-state index contributed by atoms with van der Waals surface area (Å²) >= 11 is -1.26. The fourth-order valence-corrected chi connectivity index (χ4v) is 4.85. The number of hydrogen-bond acceptors (Lipinski definition) is 3. The van der Waals surface area contributed by atoms with Gasteiger partial charge in [0.15, 0.2) is 0 Å². The molecule has 5 nitrogen and oxygen atoms in total. The van der Waals surface area contributed by atoms with E-state index < -0.39 is 22.2 Å². The van der Waals surface area contributed by atoms with Gasteiger partial charge in [-0.3, -0.25) is 0 Å². The summed E-state index contributed by atoms with van der Waals surface area (Å²) < 4.78 is 29.3. The van der Waals surface area contributed by atoms with Crippen molar-refractivity contribution >= 4 is 17.5 Å². The molecule has 3 rings (SSSR count). The molecule has 1 fully saturated rings. The largest absolute Gasteiger partial charge is 0.598 e. The number of hydrogen-bond donors (Lipinski definition) is 2. The summed E-state index contributed by atoms with van der Waals surface area (Å²) in [6.07, 6.45) is 1.13. The highest BCUT2D eigenvalue weighted by Crippen LogP contribution is 2.52. The standard InChI is InChI=1S/C18H25FN2O3S/c1-17(2,3)25(24)20-15-14-5-4-13(19)10-12(14)11-18(15)6-8-21(9-7-18)16(22)23/h4-5,10,15,20H,6-9,11H2,1-3H3,(H,22,23)/t15?,25-/m1/s1. The minimum Gasteiger partial charge on any atom is -0.598 e. The van der Waals surface area contributed by atoms with E-state index in [1.54, 1.807) is 12.1 Å². The number of nitrogens with zero attached hydrogens (tertiary/aromatic N) is 1. The summed E-state index contributed by atoms with van der Waals surface area (Å²) in [5.41, 5.74) is 1.71. The van der Waals surface area contributed by atoms with Gasteiger partial charge in [0.25, 0.3) is 0 Å². The van der Waals surface area contributed by atoms with Crippen LogP contribution in [0.4, 0.5) is 9.18 Å². The Kier molecular flexibility index (Phi) is 4.77. The number of nitrogens with one attached hydrogen (secondary N) is 1. The molecule has 0 bridgehead atoms. The maximum Gasteiger partial charge on any atom is 0.407 e. The zero-order valence-electron chi connectivity index (χ0n) is 14.8. The summed E-state index contributed by atoms with van der Waals surface area (Å²) in [6.45, 7) is 6.64. The number of halogens is 1. The number of amides is 1. The van der Waals surface area contributed by atoms with Gasteiger partial charge < -0.3 is 14.6 Å². The van der Waals surface area contributed by atoms with Crippen LogP contribution in [0.5, 0.6) is 0 Å².